The Bertz CT molecular complexity index is 446. The Labute approximate surface area is 97.9 Å². The summed E-state index contributed by atoms with van der Waals surface area (Å²) in [4.78, 5) is 10.6. The highest BCUT2D eigenvalue weighted by molar-refractivity contribution is 8.13. The third-order valence-corrected chi connectivity index (χ3v) is 2.53. The van der Waals surface area contributed by atoms with E-state index in [2.05, 4.69) is 11.8 Å². The minimum Gasteiger partial charge on any atom is -0.505 e. The standard InChI is InChI=1S/C12H11FO2S/c1-9(14)16-7-3-2-4-10-5-6-12(15)11(13)8-10/h5-6,8,15H,3,7H2,1H3. The summed E-state index contributed by atoms with van der Waals surface area (Å²) in [6.45, 7) is 1.51. The van der Waals surface area contributed by atoms with Gasteiger partial charge in [0, 0.05) is 24.7 Å². The molecule has 0 heterocycles. The Balaban J connectivity index is 2.50. The van der Waals surface area contributed by atoms with Crippen molar-refractivity contribution in [2.75, 3.05) is 5.75 Å². The lowest BCUT2D eigenvalue weighted by Crippen LogP contribution is -1.84. The molecule has 0 aliphatic rings. The molecule has 0 saturated carbocycles. The lowest BCUT2D eigenvalue weighted by molar-refractivity contribution is -0.109. The summed E-state index contributed by atoms with van der Waals surface area (Å²) in [6, 6.07) is 3.99. The fourth-order valence-corrected chi connectivity index (χ4v) is 1.49. The van der Waals surface area contributed by atoms with Crippen molar-refractivity contribution in [1.82, 2.24) is 0 Å². The van der Waals surface area contributed by atoms with E-state index < -0.39 is 5.82 Å². The first-order chi connectivity index (χ1) is 7.59. The molecule has 0 unspecified atom stereocenters. The van der Waals surface area contributed by atoms with E-state index in [0.29, 0.717) is 17.7 Å². The summed E-state index contributed by atoms with van der Waals surface area (Å²) in [5.41, 5.74) is 0.517. The van der Waals surface area contributed by atoms with Crippen LogP contribution < -0.4 is 0 Å². The fourth-order valence-electron chi connectivity index (χ4n) is 0.995. The average molecular weight is 238 g/mol. The summed E-state index contributed by atoms with van der Waals surface area (Å²) < 4.78 is 12.9. The van der Waals surface area contributed by atoms with E-state index in [0.717, 1.165) is 0 Å². The van der Waals surface area contributed by atoms with Gasteiger partial charge in [0.2, 0.25) is 0 Å². The molecular weight excluding hydrogens is 227 g/mol. The first-order valence-corrected chi connectivity index (χ1v) is 5.69. The molecular formula is C12H11FO2S. The van der Waals surface area contributed by atoms with Gasteiger partial charge in [-0.1, -0.05) is 23.6 Å². The van der Waals surface area contributed by atoms with Crippen LogP contribution in [-0.2, 0) is 4.79 Å². The zero-order valence-electron chi connectivity index (χ0n) is 8.79. The van der Waals surface area contributed by atoms with Crippen LogP contribution in [0.5, 0.6) is 5.75 Å². The van der Waals surface area contributed by atoms with E-state index in [1.54, 1.807) is 6.07 Å². The molecule has 1 aromatic carbocycles. The van der Waals surface area contributed by atoms with Crippen molar-refractivity contribution in [3.63, 3.8) is 0 Å². The third kappa shape index (κ3) is 4.37. The Morgan fingerprint density at radius 3 is 2.94 bits per heavy atom. The maximum atomic E-state index is 12.9. The van der Waals surface area contributed by atoms with Crippen molar-refractivity contribution in [3.8, 4) is 17.6 Å². The average Bonchev–Trinajstić information content (AvgIpc) is 2.22. The fraction of sp³-hybridized carbons (Fsp3) is 0.250. The van der Waals surface area contributed by atoms with Crippen LogP contribution in [0.1, 0.15) is 18.9 Å². The topological polar surface area (TPSA) is 37.3 Å². The maximum Gasteiger partial charge on any atom is 0.185 e. The highest BCUT2D eigenvalue weighted by Crippen LogP contribution is 2.15. The van der Waals surface area contributed by atoms with Gasteiger partial charge >= 0.3 is 0 Å². The zero-order chi connectivity index (χ0) is 12.0. The van der Waals surface area contributed by atoms with Crippen LogP contribution in [-0.4, -0.2) is 16.0 Å². The quantitative estimate of drug-likeness (QED) is 0.635. The van der Waals surface area contributed by atoms with Gasteiger partial charge in [0.25, 0.3) is 0 Å². The van der Waals surface area contributed by atoms with Crippen LogP contribution in [0, 0.1) is 17.7 Å². The van der Waals surface area contributed by atoms with Crippen LogP contribution in [0.4, 0.5) is 4.39 Å². The number of hydrogen-bond donors (Lipinski definition) is 1. The lowest BCUT2D eigenvalue weighted by atomic mass is 10.2. The predicted molar refractivity (Wildman–Crippen MR) is 62.7 cm³/mol. The largest absolute Gasteiger partial charge is 0.505 e. The van der Waals surface area contributed by atoms with Crippen molar-refractivity contribution in [3.05, 3.63) is 29.6 Å². The van der Waals surface area contributed by atoms with Gasteiger partial charge in [0.1, 0.15) is 0 Å². The van der Waals surface area contributed by atoms with Crippen LogP contribution in [0.25, 0.3) is 0 Å². The summed E-state index contributed by atoms with van der Waals surface area (Å²) in [5.74, 6) is 5.18. The molecule has 1 rings (SSSR count). The molecule has 0 spiro atoms. The monoisotopic (exact) mass is 238 g/mol. The molecule has 1 N–H and O–H groups in total. The van der Waals surface area contributed by atoms with Crippen molar-refractivity contribution in [2.45, 2.75) is 13.3 Å². The number of rotatable bonds is 2. The van der Waals surface area contributed by atoms with Gasteiger partial charge in [-0.25, -0.2) is 4.39 Å². The van der Waals surface area contributed by atoms with Gasteiger partial charge in [0.15, 0.2) is 16.7 Å². The zero-order valence-corrected chi connectivity index (χ0v) is 9.60. The van der Waals surface area contributed by atoms with E-state index in [-0.39, 0.29) is 10.9 Å². The molecule has 0 aliphatic carbocycles. The molecule has 0 bridgehead atoms. The molecule has 0 radical (unpaired) electrons. The highest BCUT2D eigenvalue weighted by Gasteiger charge is 1.98. The molecule has 0 aromatic heterocycles. The molecule has 1 aromatic rings. The molecule has 0 fully saturated rings. The number of thioether (sulfide) groups is 1. The number of phenolic OH excluding ortho intramolecular Hbond substituents is 1. The maximum absolute atomic E-state index is 12.9. The Morgan fingerprint density at radius 2 is 2.31 bits per heavy atom. The number of carbonyl (C=O) groups excluding carboxylic acids is 1. The van der Waals surface area contributed by atoms with Crippen LogP contribution in [0.15, 0.2) is 18.2 Å². The molecule has 16 heavy (non-hydrogen) atoms. The molecule has 0 atom stereocenters. The molecule has 0 aliphatic heterocycles. The molecule has 0 amide bonds. The summed E-state index contributed by atoms with van der Waals surface area (Å²) >= 11 is 1.22. The van der Waals surface area contributed by atoms with Gasteiger partial charge in [0.05, 0.1) is 0 Å². The second-order valence-corrected chi connectivity index (χ2v) is 4.33. The Morgan fingerprint density at radius 1 is 1.56 bits per heavy atom. The van der Waals surface area contributed by atoms with Gasteiger partial charge in [-0.2, -0.15) is 0 Å². The number of carbonyl (C=O) groups is 1. The van der Waals surface area contributed by atoms with Gasteiger partial charge in [-0.15, -0.1) is 0 Å². The summed E-state index contributed by atoms with van der Waals surface area (Å²) in [5, 5.41) is 9.02. The molecule has 4 heteroatoms. The van der Waals surface area contributed by atoms with Crippen LogP contribution in [0.3, 0.4) is 0 Å². The van der Waals surface area contributed by atoms with Crippen molar-refractivity contribution in [2.24, 2.45) is 0 Å². The van der Waals surface area contributed by atoms with Crippen LogP contribution >= 0.6 is 11.8 Å². The van der Waals surface area contributed by atoms with Gasteiger partial charge in [-0.05, 0) is 18.2 Å². The van der Waals surface area contributed by atoms with Crippen molar-refractivity contribution >= 4 is 16.9 Å². The molecule has 0 saturated heterocycles. The van der Waals surface area contributed by atoms with E-state index in [1.807, 2.05) is 0 Å². The van der Waals surface area contributed by atoms with Gasteiger partial charge < -0.3 is 5.11 Å². The van der Waals surface area contributed by atoms with E-state index in [9.17, 15) is 9.18 Å². The SMILES string of the molecule is CC(=O)SCCC#Cc1ccc(O)c(F)c1. The predicted octanol–water partition coefficient (Wildman–Crippen LogP) is 2.55. The minimum atomic E-state index is -0.676. The second-order valence-electron chi connectivity index (χ2n) is 3.06. The number of benzene rings is 1. The molecule has 84 valence electrons. The van der Waals surface area contributed by atoms with Crippen LogP contribution in [0.2, 0.25) is 0 Å². The number of hydrogen-bond acceptors (Lipinski definition) is 3. The minimum absolute atomic E-state index is 0.0671. The van der Waals surface area contributed by atoms with Crippen molar-refractivity contribution in [1.29, 1.82) is 0 Å². The summed E-state index contributed by atoms with van der Waals surface area (Å²) in [7, 11) is 0. The first kappa shape index (κ1) is 12.6. The second kappa shape index (κ2) is 6.19. The number of aromatic hydroxyl groups is 1. The highest BCUT2D eigenvalue weighted by atomic mass is 32.2. The van der Waals surface area contributed by atoms with E-state index in [4.69, 9.17) is 5.11 Å². The third-order valence-electron chi connectivity index (χ3n) is 1.71. The molecule has 2 nitrogen and oxygen atoms in total. The van der Waals surface area contributed by atoms with Gasteiger partial charge in [-0.3, -0.25) is 4.79 Å². The number of halogens is 1. The first-order valence-electron chi connectivity index (χ1n) is 4.70. The van der Waals surface area contributed by atoms with E-state index >= 15 is 0 Å². The normalized spacial score (nSPS) is 9.38. The number of phenols is 1. The smallest absolute Gasteiger partial charge is 0.185 e. The summed E-state index contributed by atoms with van der Waals surface area (Å²) in [6.07, 6.45) is 0.576. The lowest BCUT2D eigenvalue weighted by Gasteiger charge is -1.94. The Hall–Kier alpha value is -1.47. The van der Waals surface area contributed by atoms with Crippen molar-refractivity contribution < 1.29 is 14.3 Å². The Kier molecular flexibility index (Phi) is 4.87. The van der Waals surface area contributed by atoms with E-state index in [1.165, 1.54) is 30.8 Å².